The minimum atomic E-state index is -4.59. The molecule has 0 aliphatic heterocycles. The largest absolute Gasteiger partial charge is 0.417 e. The standard InChI is InChI=1S/C12H8ClF3N2O2/c1-6-4-10(18-20-6)11(19)17-7-2-3-9(13)8(5-7)12(14,15)16/h2-5H,1H3,(H,17,19). The maximum atomic E-state index is 12.7. The van der Waals surface area contributed by atoms with Crippen molar-refractivity contribution in [2.45, 2.75) is 13.1 Å². The lowest BCUT2D eigenvalue weighted by Crippen LogP contribution is -2.13. The van der Waals surface area contributed by atoms with E-state index in [0.717, 1.165) is 12.1 Å². The van der Waals surface area contributed by atoms with Gasteiger partial charge in [0.1, 0.15) is 5.76 Å². The van der Waals surface area contributed by atoms with Crippen LogP contribution >= 0.6 is 11.6 Å². The number of nitrogens with zero attached hydrogens (tertiary/aromatic N) is 1. The summed E-state index contributed by atoms with van der Waals surface area (Å²) in [5.41, 5.74) is -1.08. The molecule has 1 aromatic carbocycles. The number of rotatable bonds is 2. The third-order valence-electron chi connectivity index (χ3n) is 2.39. The molecule has 0 atom stereocenters. The molecule has 2 rings (SSSR count). The zero-order valence-corrected chi connectivity index (χ0v) is 10.8. The maximum absolute atomic E-state index is 12.7. The van der Waals surface area contributed by atoms with Gasteiger partial charge in [-0.15, -0.1) is 0 Å². The van der Waals surface area contributed by atoms with Crippen molar-refractivity contribution in [3.05, 3.63) is 46.3 Å². The Hall–Kier alpha value is -2.02. The number of aryl methyl sites for hydroxylation is 1. The summed E-state index contributed by atoms with van der Waals surface area (Å²) in [5.74, 6) is -0.250. The molecule has 1 heterocycles. The van der Waals surface area contributed by atoms with Gasteiger partial charge in [-0.2, -0.15) is 13.2 Å². The SMILES string of the molecule is Cc1cc(C(=O)Nc2ccc(Cl)c(C(F)(F)F)c2)no1. The van der Waals surface area contributed by atoms with E-state index in [1.165, 1.54) is 12.1 Å². The minimum absolute atomic E-state index is 0.0222. The van der Waals surface area contributed by atoms with Crippen LogP contribution in [0.4, 0.5) is 18.9 Å². The predicted octanol–water partition coefficient (Wildman–Crippen LogP) is 3.91. The molecule has 0 fully saturated rings. The molecule has 1 amide bonds. The summed E-state index contributed by atoms with van der Waals surface area (Å²) >= 11 is 5.48. The quantitative estimate of drug-likeness (QED) is 0.915. The Balaban J connectivity index is 2.24. The average Bonchev–Trinajstić information content (AvgIpc) is 2.77. The summed E-state index contributed by atoms with van der Waals surface area (Å²) in [6, 6.07) is 4.46. The number of hydrogen-bond acceptors (Lipinski definition) is 3. The molecular weight excluding hydrogens is 297 g/mol. The molecule has 0 aliphatic carbocycles. The maximum Gasteiger partial charge on any atom is 0.417 e. The molecule has 0 radical (unpaired) electrons. The van der Waals surface area contributed by atoms with Crippen molar-refractivity contribution in [3.63, 3.8) is 0 Å². The van der Waals surface area contributed by atoms with E-state index in [1.807, 2.05) is 0 Å². The Labute approximate surface area is 116 Å². The number of halogens is 4. The molecule has 1 aromatic heterocycles. The number of amides is 1. The highest BCUT2D eigenvalue weighted by Gasteiger charge is 2.33. The van der Waals surface area contributed by atoms with Crippen molar-refractivity contribution in [1.82, 2.24) is 5.16 Å². The van der Waals surface area contributed by atoms with Crippen molar-refractivity contribution in [3.8, 4) is 0 Å². The number of aromatic nitrogens is 1. The number of carbonyl (C=O) groups excluding carboxylic acids is 1. The molecule has 106 valence electrons. The summed E-state index contributed by atoms with van der Waals surface area (Å²) in [6.45, 7) is 1.59. The topological polar surface area (TPSA) is 55.1 Å². The summed E-state index contributed by atoms with van der Waals surface area (Å²) in [5, 5.41) is 5.32. The van der Waals surface area contributed by atoms with E-state index in [1.54, 1.807) is 6.92 Å². The number of alkyl halides is 3. The van der Waals surface area contributed by atoms with Crippen LogP contribution in [-0.4, -0.2) is 11.1 Å². The molecule has 0 bridgehead atoms. The highest BCUT2D eigenvalue weighted by atomic mass is 35.5. The Morgan fingerprint density at radius 1 is 1.35 bits per heavy atom. The van der Waals surface area contributed by atoms with Crippen LogP contribution in [0.5, 0.6) is 0 Å². The van der Waals surface area contributed by atoms with E-state index in [0.29, 0.717) is 5.76 Å². The highest BCUT2D eigenvalue weighted by molar-refractivity contribution is 6.31. The second kappa shape index (κ2) is 5.16. The molecule has 0 saturated carbocycles. The van der Waals surface area contributed by atoms with E-state index >= 15 is 0 Å². The van der Waals surface area contributed by atoms with Gasteiger partial charge in [-0.05, 0) is 25.1 Å². The summed E-state index contributed by atoms with van der Waals surface area (Å²) in [4.78, 5) is 11.7. The fourth-order valence-electron chi connectivity index (χ4n) is 1.49. The van der Waals surface area contributed by atoms with Gasteiger partial charge in [0.05, 0.1) is 10.6 Å². The van der Waals surface area contributed by atoms with Crippen molar-refractivity contribution in [2.75, 3.05) is 5.32 Å². The van der Waals surface area contributed by atoms with E-state index in [9.17, 15) is 18.0 Å². The molecule has 0 unspecified atom stereocenters. The number of hydrogen-bond donors (Lipinski definition) is 1. The Kier molecular flexibility index (Phi) is 3.71. The van der Waals surface area contributed by atoms with Crippen LogP contribution in [0.15, 0.2) is 28.8 Å². The van der Waals surface area contributed by atoms with Crippen molar-refractivity contribution >= 4 is 23.2 Å². The van der Waals surface area contributed by atoms with Gasteiger partial charge in [-0.3, -0.25) is 4.79 Å². The zero-order chi connectivity index (χ0) is 14.9. The third kappa shape index (κ3) is 3.11. The highest BCUT2D eigenvalue weighted by Crippen LogP contribution is 2.36. The fraction of sp³-hybridized carbons (Fsp3) is 0.167. The monoisotopic (exact) mass is 304 g/mol. The molecule has 4 nitrogen and oxygen atoms in total. The van der Waals surface area contributed by atoms with Crippen LogP contribution in [0.25, 0.3) is 0 Å². The molecule has 0 saturated heterocycles. The van der Waals surface area contributed by atoms with Crippen LogP contribution in [0.3, 0.4) is 0 Å². The smallest absolute Gasteiger partial charge is 0.361 e. The lowest BCUT2D eigenvalue weighted by Gasteiger charge is -2.11. The van der Waals surface area contributed by atoms with E-state index in [4.69, 9.17) is 16.1 Å². The van der Waals surface area contributed by atoms with Crippen molar-refractivity contribution in [2.24, 2.45) is 0 Å². The van der Waals surface area contributed by atoms with Crippen LogP contribution in [0.2, 0.25) is 5.02 Å². The van der Waals surface area contributed by atoms with Gasteiger partial charge >= 0.3 is 6.18 Å². The lowest BCUT2D eigenvalue weighted by atomic mass is 10.2. The Morgan fingerprint density at radius 3 is 2.60 bits per heavy atom. The van der Waals surface area contributed by atoms with Crippen LogP contribution < -0.4 is 5.32 Å². The van der Waals surface area contributed by atoms with Gasteiger partial charge in [-0.1, -0.05) is 16.8 Å². The van der Waals surface area contributed by atoms with Crippen LogP contribution in [-0.2, 0) is 6.18 Å². The Bertz CT molecular complexity index is 652. The average molecular weight is 305 g/mol. The van der Waals surface area contributed by atoms with E-state index < -0.39 is 22.7 Å². The van der Waals surface area contributed by atoms with Gasteiger partial charge < -0.3 is 9.84 Å². The second-order valence-corrected chi connectivity index (χ2v) is 4.38. The summed E-state index contributed by atoms with van der Waals surface area (Å²) < 4.78 is 42.7. The lowest BCUT2D eigenvalue weighted by molar-refractivity contribution is -0.137. The summed E-state index contributed by atoms with van der Waals surface area (Å²) in [6.07, 6.45) is -4.59. The second-order valence-electron chi connectivity index (χ2n) is 3.97. The number of benzene rings is 1. The molecular formula is C12H8ClF3N2O2. The first-order valence-corrected chi connectivity index (χ1v) is 5.76. The van der Waals surface area contributed by atoms with Gasteiger partial charge in [0.25, 0.3) is 5.91 Å². The first kappa shape index (κ1) is 14.4. The van der Waals surface area contributed by atoms with Crippen LogP contribution in [0, 0.1) is 6.92 Å². The van der Waals surface area contributed by atoms with Crippen molar-refractivity contribution in [1.29, 1.82) is 0 Å². The first-order valence-electron chi connectivity index (χ1n) is 5.39. The number of nitrogens with one attached hydrogen (secondary N) is 1. The summed E-state index contributed by atoms with van der Waals surface area (Å²) in [7, 11) is 0. The zero-order valence-electron chi connectivity index (χ0n) is 10.1. The third-order valence-corrected chi connectivity index (χ3v) is 2.72. The van der Waals surface area contributed by atoms with Crippen molar-refractivity contribution < 1.29 is 22.5 Å². The van der Waals surface area contributed by atoms with Gasteiger partial charge in [0, 0.05) is 11.8 Å². The van der Waals surface area contributed by atoms with E-state index in [2.05, 4.69) is 10.5 Å². The van der Waals surface area contributed by atoms with Gasteiger partial charge in [0.2, 0.25) is 0 Å². The van der Waals surface area contributed by atoms with Gasteiger partial charge in [0.15, 0.2) is 5.69 Å². The predicted molar refractivity (Wildman–Crippen MR) is 65.6 cm³/mol. The van der Waals surface area contributed by atoms with E-state index in [-0.39, 0.29) is 11.4 Å². The van der Waals surface area contributed by atoms with Gasteiger partial charge in [-0.25, -0.2) is 0 Å². The first-order chi connectivity index (χ1) is 9.27. The molecule has 1 N–H and O–H groups in total. The molecule has 0 aliphatic rings. The fourth-order valence-corrected chi connectivity index (χ4v) is 1.71. The molecule has 8 heteroatoms. The minimum Gasteiger partial charge on any atom is -0.361 e. The molecule has 20 heavy (non-hydrogen) atoms. The molecule has 2 aromatic rings. The number of carbonyl (C=O) groups is 1. The van der Waals surface area contributed by atoms with Crippen LogP contribution in [0.1, 0.15) is 21.8 Å². The number of anilines is 1. The molecule has 0 spiro atoms. The normalized spacial score (nSPS) is 11.4. The Morgan fingerprint density at radius 2 is 2.05 bits per heavy atom.